The summed E-state index contributed by atoms with van der Waals surface area (Å²) >= 11 is 0. The molecule has 0 aliphatic carbocycles. The van der Waals surface area contributed by atoms with Crippen LogP contribution in [0.15, 0.2) is 27.7 Å². The number of benzene rings is 1. The number of piperidine rings is 1. The van der Waals surface area contributed by atoms with Crippen molar-refractivity contribution in [2.45, 2.75) is 45.8 Å². The van der Waals surface area contributed by atoms with E-state index in [0.717, 1.165) is 19.4 Å². The molecule has 0 spiro atoms. The average Bonchev–Trinajstić information content (AvgIpc) is 3.09. The van der Waals surface area contributed by atoms with Crippen LogP contribution in [-0.4, -0.2) is 46.7 Å². The van der Waals surface area contributed by atoms with Crippen LogP contribution in [-0.2, 0) is 13.1 Å². The largest absolute Gasteiger partial charge is 0.357 e. The molecule has 28 heavy (non-hydrogen) atoms. The third-order valence-corrected chi connectivity index (χ3v) is 4.58. The van der Waals surface area contributed by atoms with Gasteiger partial charge in [0.25, 0.3) is 0 Å². The summed E-state index contributed by atoms with van der Waals surface area (Å²) in [7, 11) is 0. The van der Waals surface area contributed by atoms with Gasteiger partial charge in [0.05, 0.1) is 0 Å². The summed E-state index contributed by atoms with van der Waals surface area (Å²) in [6, 6.07) is 4.12. The zero-order valence-corrected chi connectivity index (χ0v) is 16.2. The lowest BCUT2D eigenvalue weighted by Crippen LogP contribution is -2.51. The van der Waals surface area contributed by atoms with E-state index in [1.807, 2.05) is 6.92 Å². The van der Waals surface area contributed by atoms with Crippen LogP contribution >= 0.6 is 0 Å². The quantitative estimate of drug-likeness (QED) is 0.581. The molecule has 1 aromatic carbocycles. The number of likely N-dealkylation sites (tertiary alicyclic amines) is 1. The fourth-order valence-corrected chi connectivity index (χ4v) is 3.29. The highest BCUT2D eigenvalue weighted by molar-refractivity contribution is 5.80. The number of nitrogens with zero attached hydrogens (tertiary/aromatic N) is 4. The summed E-state index contributed by atoms with van der Waals surface area (Å²) in [5.41, 5.74) is 0.121. The lowest BCUT2D eigenvalue weighted by molar-refractivity contribution is 0.188. The third kappa shape index (κ3) is 5.48. The second-order valence-corrected chi connectivity index (χ2v) is 6.84. The van der Waals surface area contributed by atoms with E-state index >= 15 is 0 Å². The molecule has 0 radical (unpaired) electrons. The van der Waals surface area contributed by atoms with Crippen molar-refractivity contribution in [1.29, 1.82) is 0 Å². The lowest BCUT2D eigenvalue weighted by Gasteiger charge is -2.34. The molecule has 0 saturated carbocycles. The van der Waals surface area contributed by atoms with Gasteiger partial charge < -0.3 is 15.2 Å². The minimum absolute atomic E-state index is 0.121. The maximum absolute atomic E-state index is 13.9. The van der Waals surface area contributed by atoms with Crippen LogP contribution < -0.4 is 10.6 Å². The van der Waals surface area contributed by atoms with E-state index in [4.69, 9.17) is 4.52 Å². The van der Waals surface area contributed by atoms with Crippen molar-refractivity contribution in [3.8, 4) is 0 Å². The van der Waals surface area contributed by atoms with Crippen molar-refractivity contribution < 1.29 is 13.3 Å². The van der Waals surface area contributed by atoms with Crippen LogP contribution in [0.5, 0.6) is 0 Å². The van der Waals surface area contributed by atoms with E-state index in [-0.39, 0.29) is 18.2 Å². The van der Waals surface area contributed by atoms with Crippen molar-refractivity contribution in [2.75, 3.05) is 19.6 Å². The Kier molecular flexibility index (Phi) is 6.91. The number of guanidine groups is 1. The van der Waals surface area contributed by atoms with Crippen LogP contribution in [0.2, 0.25) is 0 Å². The minimum Gasteiger partial charge on any atom is -0.357 e. The number of nitrogens with one attached hydrogen (secondary N) is 2. The van der Waals surface area contributed by atoms with Crippen molar-refractivity contribution in [1.82, 2.24) is 25.7 Å². The second-order valence-electron chi connectivity index (χ2n) is 6.84. The highest BCUT2D eigenvalue weighted by Crippen LogP contribution is 2.18. The molecule has 1 fully saturated rings. The maximum atomic E-state index is 13.9. The van der Waals surface area contributed by atoms with Gasteiger partial charge in [0.1, 0.15) is 18.2 Å². The van der Waals surface area contributed by atoms with Gasteiger partial charge in [-0.2, -0.15) is 4.98 Å². The topological polar surface area (TPSA) is 78.6 Å². The molecular formula is C19H26F2N6O. The Bertz CT molecular complexity index is 789. The fraction of sp³-hybridized carbons (Fsp3) is 0.526. The standard InChI is InChI=1S/C19H26F2N6O/c1-3-22-19(23-10-18-24-13(2)28-26-18)25-14-6-5-9-27(11-14)12-15-16(20)7-4-8-17(15)21/h4,7-8,14H,3,5-6,9-12H2,1-2H3,(H2,22,23,25). The number of aryl methyl sites for hydroxylation is 1. The molecule has 9 heteroatoms. The number of halogens is 2. The van der Waals surface area contributed by atoms with Crippen molar-refractivity contribution in [3.05, 3.63) is 47.1 Å². The molecule has 1 aliphatic rings. The van der Waals surface area contributed by atoms with Gasteiger partial charge in [0, 0.05) is 38.2 Å². The molecular weight excluding hydrogens is 366 g/mol. The Morgan fingerprint density at radius 1 is 1.36 bits per heavy atom. The summed E-state index contributed by atoms with van der Waals surface area (Å²) < 4.78 is 32.8. The predicted octanol–water partition coefficient (Wildman–Crippen LogP) is 2.38. The second kappa shape index (κ2) is 9.59. The van der Waals surface area contributed by atoms with E-state index in [1.54, 1.807) is 6.92 Å². The first-order valence-electron chi connectivity index (χ1n) is 9.54. The summed E-state index contributed by atoms with van der Waals surface area (Å²) in [5.74, 6) is 0.691. The number of aromatic nitrogens is 2. The molecule has 1 aliphatic heterocycles. The molecule has 1 unspecified atom stereocenters. The molecule has 1 saturated heterocycles. The molecule has 1 atom stereocenters. The number of hydrogen-bond donors (Lipinski definition) is 2. The number of aliphatic imine (C=N–C) groups is 1. The highest BCUT2D eigenvalue weighted by atomic mass is 19.1. The molecule has 7 nitrogen and oxygen atoms in total. The highest BCUT2D eigenvalue weighted by Gasteiger charge is 2.22. The Hall–Kier alpha value is -2.55. The van der Waals surface area contributed by atoms with Crippen LogP contribution in [0.25, 0.3) is 0 Å². The zero-order chi connectivity index (χ0) is 19.9. The normalized spacial score (nSPS) is 18.3. The summed E-state index contributed by atoms with van der Waals surface area (Å²) in [5, 5.41) is 10.4. The summed E-state index contributed by atoms with van der Waals surface area (Å²) in [6.45, 7) is 6.49. The summed E-state index contributed by atoms with van der Waals surface area (Å²) in [6.07, 6.45) is 1.90. The predicted molar refractivity (Wildman–Crippen MR) is 102 cm³/mol. The fourth-order valence-electron chi connectivity index (χ4n) is 3.29. The van der Waals surface area contributed by atoms with Gasteiger partial charge in [-0.15, -0.1) is 0 Å². The Balaban J connectivity index is 1.60. The smallest absolute Gasteiger partial charge is 0.223 e. The molecule has 152 valence electrons. The third-order valence-electron chi connectivity index (χ3n) is 4.58. The first-order chi connectivity index (χ1) is 13.5. The Morgan fingerprint density at radius 3 is 2.82 bits per heavy atom. The molecule has 1 aromatic heterocycles. The molecule has 2 heterocycles. The van der Waals surface area contributed by atoms with Gasteiger partial charge in [-0.05, 0) is 38.4 Å². The van der Waals surface area contributed by atoms with Crippen LogP contribution in [0.1, 0.15) is 37.0 Å². The van der Waals surface area contributed by atoms with Crippen LogP contribution in [0.4, 0.5) is 8.78 Å². The van der Waals surface area contributed by atoms with Gasteiger partial charge in [-0.1, -0.05) is 11.2 Å². The van der Waals surface area contributed by atoms with Gasteiger partial charge in [-0.25, -0.2) is 13.8 Å². The molecule has 2 N–H and O–H groups in total. The van der Waals surface area contributed by atoms with E-state index < -0.39 is 11.6 Å². The monoisotopic (exact) mass is 392 g/mol. The van der Waals surface area contributed by atoms with E-state index in [9.17, 15) is 8.78 Å². The molecule has 0 amide bonds. The van der Waals surface area contributed by atoms with Crippen molar-refractivity contribution >= 4 is 5.96 Å². The van der Waals surface area contributed by atoms with Gasteiger partial charge >= 0.3 is 0 Å². The van der Waals surface area contributed by atoms with Crippen LogP contribution in [0.3, 0.4) is 0 Å². The zero-order valence-electron chi connectivity index (χ0n) is 16.2. The van der Waals surface area contributed by atoms with Gasteiger partial charge in [0.2, 0.25) is 5.89 Å². The first kappa shape index (κ1) is 20.2. The van der Waals surface area contributed by atoms with Gasteiger partial charge in [-0.3, -0.25) is 4.90 Å². The van der Waals surface area contributed by atoms with E-state index in [2.05, 4.69) is 30.7 Å². The van der Waals surface area contributed by atoms with Crippen molar-refractivity contribution in [2.24, 2.45) is 4.99 Å². The van der Waals surface area contributed by atoms with Gasteiger partial charge in [0.15, 0.2) is 11.8 Å². The Labute approximate surface area is 163 Å². The average molecular weight is 392 g/mol. The lowest BCUT2D eigenvalue weighted by atomic mass is 10.0. The number of rotatable bonds is 6. The molecule has 3 rings (SSSR count). The van der Waals surface area contributed by atoms with Crippen LogP contribution in [0, 0.1) is 18.6 Å². The Morgan fingerprint density at radius 2 is 2.14 bits per heavy atom. The molecule has 0 bridgehead atoms. The summed E-state index contributed by atoms with van der Waals surface area (Å²) in [4.78, 5) is 10.7. The van der Waals surface area contributed by atoms with E-state index in [0.29, 0.717) is 37.3 Å². The van der Waals surface area contributed by atoms with E-state index in [1.165, 1.54) is 18.2 Å². The SMILES string of the molecule is CCNC(=NCc1noc(C)n1)NC1CCCN(Cc2c(F)cccc2F)C1. The molecule has 2 aromatic rings. The first-order valence-corrected chi connectivity index (χ1v) is 9.54. The number of hydrogen-bond acceptors (Lipinski definition) is 5. The minimum atomic E-state index is -0.500. The maximum Gasteiger partial charge on any atom is 0.223 e. The van der Waals surface area contributed by atoms with Crippen molar-refractivity contribution in [3.63, 3.8) is 0 Å².